The van der Waals surface area contributed by atoms with E-state index in [-0.39, 0.29) is 0 Å². The molecule has 0 aliphatic rings. The van der Waals surface area contributed by atoms with Crippen molar-refractivity contribution in [3.8, 4) is 11.4 Å². The quantitative estimate of drug-likeness (QED) is 0.861. The number of nitrogens with zero attached hydrogens (tertiary/aromatic N) is 3. The molecule has 0 saturated carbocycles. The normalized spacial score (nSPS) is 10.8. The van der Waals surface area contributed by atoms with E-state index in [2.05, 4.69) is 17.1 Å². The maximum absolute atomic E-state index is 6.14. The average molecular weight is 300 g/mol. The molecule has 6 heteroatoms. The second-order valence-corrected chi connectivity index (χ2v) is 4.99. The lowest BCUT2D eigenvalue weighted by molar-refractivity contribution is 0.412. The van der Waals surface area contributed by atoms with E-state index in [0.717, 1.165) is 29.9 Å². The van der Waals surface area contributed by atoms with Crippen LogP contribution < -0.4 is 4.74 Å². The summed E-state index contributed by atoms with van der Waals surface area (Å²) in [5.74, 6) is 1.46. The first-order valence-electron chi connectivity index (χ1n) is 6.02. The van der Waals surface area contributed by atoms with Crippen molar-refractivity contribution in [1.29, 1.82) is 0 Å². The molecule has 0 bridgehead atoms. The molecule has 102 valence electrons. The minimum absolute atomic E-state index is 0.323. The number of aromatic nitrogens is 3. The van der Waals surface area contributed by atoms with Crippen LogP contribution in [0.25, 0.3) is 5.69 Å². The molecule has 0 N–H and O–H groups in total. The van der Waals surface area contributed by atoms with E-state index >= 15 is 0 Å². The van der Waals surface area contributed by atoms with Crippen LogP contribution >= 0.6 is 23.2 Å². The van der Waals surface area contributed by atoms with Crippen molar-refractivity contribution in [2.75, 3.05) is 7.11 Å². The van der Waals surface area contributed by atoms with Crippen molar-refractivity contribution >= 4 is 23.2 Å². The predicted octanol–water partition coefficient (Wildman–Crippen LogP) is 3.84. The Labute approximate surface area is 122 Å². The van der Waals surface area contributed by atoms with Gasteiger partial charge in [-0.2, -0.15) is 0 Å². The van der Waals surface area contributed by atoms with E-state index in [1.165, 1.54) is 0 Å². The van der Waals surface area contributed by atoms with Crippen molar-refractivity contribution in [2.24, 2.45) is 0 Å². The van der Waals surface area contributed by atoms with Gasteiger partial charge in [0.25, 0.3) is 0 Å². The lowest BCUT2D eigenvalue weighted by atomic mass is 10.2. The fraction of sp³-hybridized carbons (Fsp3) is 0.385. The molecule has 0 aliphatic carbocycles. The van der Waals surface area contributed by atoms with Crippen LogP contribution in [0.3, 0.4) is 0 Å². The molecule has 0 fully saturated rings. The maximum Gasteiger partial charge on any atom is 0.229 e. The van der Waals surface area contributed by atoms with Crippen molar-refractivity contribution in [1.82, 2.24) is 14.8 Å². The minimum Gasteiger partial charge on any atom is -0.495 e. The molecule has 0 saturated heterocycles. The third-order valence-electron chi connectivity index (χ3n) is 2.87. The molecular formula is C13H15Cl2N3O. The van der Waals surface area contributed by atoms with Crippen molar-refractivity contribution < 1.29 is 4.74 Å². The van der Waals surface area contributed by atoms with Gasteiger partial charge in [-0.3, -0.25) is 4.57 Å². The van der Waals surface area contributed by atoms with E-state index < -0.39 is 0 Å². The van der Waals surface area contributed by atoms with E-state index in [1.54, 1.807) is 17.7 Å². The predicted molar refractivity (Wildman–Crippen MR) is 76.7 cm³/mol. The van der Waals surface area contributed by atoms with Crippen LogP contribution in [0.2, 0.25) is 10.3 Å². The molecule has 0 amide bonds. The highest BCUT2D eigenvalue weighted by Gasteiger charge is 2.16. The molecule has 0 atom stereocenters. The summed E-state index contributed by atoms with van der Waals surface area (Å²) < 4.78 is 7.17. The van der Waals surface area contributed by atoms with Crippen LogP contribution in [0.1, 0.15) is 24.7 Å². The zero-order chi connectivity index (χ0) is 14.0. The maximum atomic E-state index is 6.14. The third kappa shape index (κ3) is 2.69. The second kappa shape index (κ2) is 5.80. The van der Waals surface area contributed by atoms with Crippen LogP contribution in [0.15, 0.2) is 12.1 Å². The molecule has 0 aliphatic heterocycles. The Bertz CT molecular complexity index is 596. The van der Waals surface area contributed by atoms with Gasteiger partial charge in [-0.25, -0.2) is 0 Å². The van der Waals surface area contributed by atoms with Gasteiger partial charge in [0.05, 0.1) is 12.8 Å². The van der Waals surface area contributed by atoms with Crippen LogP contribution in [-0.4, -0.2) is 21.9 Å². The van der Waals surface area contributed by atoms with Gasteiger partial charge in [0.1, 0.15) is 11.6 Å². The summed E-state index contributed by atoms with van der Waals surface area (Å²) >= 11 is 12.3. The Morgan fingerprint density at radius 2 is 2.00 bits per heavy atom. The van der Waals surface area contributed by atoms with Crippen molar-refractivity contribution in [3.63, 3.8) is 0 Å². The first kappa shape index (κ1) is 14.2. The Morgan fingerprint density at radius 1 is 1.26 bits per heavy atom. The van der Waals surface area contributed by atoms with Gasteiger partial charge in [0, 0.05) is 17.5 Å². The lowest BCUT2D eigenvalue weighted by Crippen LogP contribution is -2.04. The summed E-state index contributed by atoms with van der Waals surface area (Å²) in [6.45, 7) is 4.01. The van der Waals surface area contributed by atoms with Crippen LogP contribution in [0, 0.1) is 6.92 Å². The highest BCUT2D eigenvalue weighted by atomic mass is 35.5. The minimum atomic E-state index is 0.323. The standard InChI is InChI=1S/C13H15Cl2N3O/c1-4-5-12-16-17-13(15)18(12)10-6-8(2)9(14)7-11(10)19-3/h6-7H,4-5H2,1-3H3. The summed E-state index contributed by atoms with van der Waals surface area (Å²) in [5, 5.41) is 9.01. The number of methoxy groups -OCH3 is 1. The number of aryl methyl sites for hydroxylation is 2. The Morgan fingerprint density at radius 3 is 2.63 bits per heavy atom. The molecule has 0 unspecified atom stereocenters. The van der Waals surface area contributed by atoms with Crippen molar-refractivity contribution in [3.05, 3.63) is 33.8 Å². The largest absolute Gasteiger partial charge is 0.495 e. The average Bonchev–Trinajstić information content (AvgIpc) is 2.74. The molecule has 0 spiro atoms. The number of ether oxygens (including phenoxy) is 1. The molecule has 1 aromatic heterocycles. The van der Waals surface area contributed by atoms with Gasteiger partial charge < -0.3 is 4.74 Å². The van der Waals surface area contributed by atoms with Gasteiger partial charge in [0.2, 0.25) is 5.28 Å². The van der Waals surface area contributed by atoms with Crippen LogP contribution in [-0.2, 0) is 6.42 Å². The summed E-state index contributed by atoms with van der Waals surface area (Å²) in [7, 11) is 1.60. The molecule has 1 heterocycles. The molecule has 1 aromatic carbocycles. The topological polar surface area (TPSA) is 39.9 Å². The van der Waals surface area contributed by atoms with E-state index in [9.17, 15) is 0 Å². The number of benzene rings is 1. The Balaban J connectivity index is 2.64. The zero-order valence-electron chi connectivity index (χ0n) is 11.1. The molecule has 0 radical (unpaired) electrons. The first-order chi connectivity index (χ1) is 9.08. The van der Waals surface area contributed by atoms with Crippen LogP contribution in [0.4, 0.5) is 0 Å². The van der Waals surface area contributed by atoms with Crippen molar-refractivity contribution in [2.45, 2.75) is 26.7 Å². The summed E-state index contributed by atoms with van der Waals surface area (Å²) in [6, 6.07) is 3.70. The van der Waals surface area contributed by atoms with Crippen LogP contribution in [0.5, 0.6) is 5.75 Å². The number of halogens is 2. The highest BCUT2D eigenvalue weighted by Crippen LogP contribution is 2.32. The van der Waals surface area contributed by atoms with E-state index in [0.29, 0.717) is 16.1 Å². The monoisotopic (exact) mass is 299 g/mol. The van der Waals surface area contributed by atoms with Gasteiger partial charge in [-0.15, -0.1) is 10.2 Å². The van der Waals surface area contributed by atoms with Gasteiger partial charge >= 0.3 is 0 Å². The second-order valence-electron chi connectivity index (χ2n) is 4.24. The highest BCUT2D eigenvalue weighted by molar-refractivity contribution is 6.31. The first-order valence-corrected chi connectivity index (χ1v) is 6.78. The molecule has 4 nitrogen and oxygen atoms in total. The number of hydrogen-bond acceptors (Lipinski definition) is 3. The smallest absolute Gasteiger partial charge is 0.229 e. The lowest BCUT2D eigenvalue weighted by Gasteiger charge is -2.13. The van der Waals surface area contributed by atoms with Gasteiger partial charge in [-0.05, 0) is 36.6 Å². The number of hydrogen-bond donors (Lipinski definition) is 0. The Kier molecular flexibility index (Phi) is 4.32. The third-order valence-corrected chi connectivity index (χ3v) is 3.52. The van der Waals surface area contributed by atoms with Gasteiger partial charge in [0.15, 0.2) is 0 Å². The fourth-order valence-electron chi connectivity index (χ4n) is 1.91. The molecular weight excluding hydrogens is 285 g/mol. The Hall–Kier alpha value is -1.26. The molecule has 2 rings (SSSR count). The van der Waals surface area contributed by atoms with Gasteiger partial charge in [-0.1, -0.05) is 18.5 Å². The molecule has 19 heavy (non-hydrogen) atoms. The number of rotatable bonds is 4. The summed E-state index contributed by atoms with van der Waals surface area (Å²) in [6.07, 6.45) is 1.76. The van der Waals surface area contributed by atoms with E-state index in [4.69, 9.17) is 27.9 Å². The van der Waals surface area contributed by atoms with E-state index in [1.807, 2.05) is 13.0 Å². The fourth-order valence-corrected chi connectivity index (χ4v) is 2.29. The zero-order valence-corrected chi connectivity index (χ0v) is 12.6. The summed E-state index contributed by atoms with van der Waals surface area (Å²) in [5.41, 5.74) is 1.76. The SMILES string of the molecule is CCCc1nnc(Cl)n1-c1cc(C)c(Cl)cc1OC. The summed E-state index contributed by atoms with van der Waals surface area (Å²) in [4.78, 5) is 0. The molecule has 2 aromatic rings.